The quantitative estimate of drug-likeness (QED) is 0.862. The lowest BCUT2D eigenvalue weighted by atomic mass is 9.99. The Morgan fingerprint density at radius 3 is 2.72 bits per heavy atom. The number of hydrogen-bond donors (Lipinski definition) is 1. The number of nitrogens with zero attached hydrogens (tertiary/aromatic N) is 2. The molecular weight excluding hydrogens is 310 g/mol. The largest absolute Gasteiger partial charge is 0.371 e. The van der Waals surface area contributed by atoms with Gasteiger partial charge >= 0.3 is 0 Å². The molecule has 2 aliphatic rings. The van der Waals surface area contributed by atoms with Crippen LogP contribution >= 0.6 is 0 Å². The zero-order chi connectivity index (χ0) is 17.6. The molecule has 1 aromatic rings. The van der Waals surface area contributed by atoms with Crippen LogP contribution in [-0.2, 0) is 4.79 Å². The van der Waals surface area contributed by atoms with Gasteiger partial charge in [-0.05, 0) is 49.8 Å². The fourth-order valence-corrected chi connectivity index (χ4v) is 4.21. The first kappa shape index (κ1) is 18.2. The summed E-state index contributed by atoms with van der Waals surface area (Å²) in [5.41, 5.74) is 1.30. The summed E-state index contributed by atoms with van der Waals surface area (Å²) in [5, 5.41) is 3.26. The van der Waals surface area contributed by atoms with Crippen LogP contribution in [0.1, 0.15) is 39.5 Å². The summed E-state index contributed by atoms with van der Waals surface area (Å²) < 4.78 is 0. The predicted octanol–water partition coefficient (Wildman–Crippen LogP) is 3.14. The molecule has 2 atom stereocenters. The van der Waals surface area contributed by atoms with Crippen LogP contribution in [0, 0.1) is 11.8 Å². The van der Waals surface area contributed by atoms with Gasteiger partial charge in [-0.3, -0.25) is 9.69 Å². The van der Waals surface area contributed by atoms with E-state index in [2.05, 4.69) is 59.3 Å². The van der Waals surface area contributed by atoms with E-state index in [9.17, 15) is 4.79 Å². The minimum absolute atomic E-state index is 0.0859. The first-order valence-corrected chi connectivity index (χ1v) is 9.95. The number of carbonyl (C=O) groups excluding carboxylic acids is 1. The molecule has 1 amide bonds. The van der Waals surface area contributed by atoms with Gasteiger partial charge in [0.05, 0.1) is 6.04 Å². The summed E-state index contributed by atoms with van der Waals surface area (Å²) in [4.78, 5) is 17.6. The van der Waals surface area contributed by atoms with E-state index in [1.54, 1.807) is 0 Å². The average molecular weight is 344 g/mol. The van der Waals surface area contributed by atoms with E-state index in [-0.39, 0.29) is 11.9 Å². The van der Waals surface area contributed by atoms with Crippen LogP contribution in [0.15, 0.2) is 30.3 Å². The Balaban J connectivity index is 1.47. The van der Waals surface area contributed by atoms with Crippen molar-refractivity contribution in [1.82, 2.24) is 10.2 Å². The second-order valence-corrected chi connectivity index (χ2v) is 8.08. The standard InChI is InChI=1S/C21H33N3O/c1-17(2)15-24-12-7-6-10-20(24)21(25)22-14-18-11-13-23(16-18)19-8-4-3-5-9-19/h3-5,8-9,17-18,20H,6-7,10-16H2,1-2H3,(H,22,25)/t18-,20+/m0/s1. The third-order valence-corrected chi connectivity index (χ3v) is 5.49. The van der Waals surface area contributed by atoms with E-state index in [4.69, 9.17) is 0 Å². The Morgan fingerprint density at radius 2 is 1.96 bits per heavy atom. The molecule has 0 unspecified atom stereocenters. The Morgan fingerprint density at radius 1 is 1.16 bits per heavy atom. The van der Waals surface area contributed by atoms with Gasteiger partial charge in [0.2, 0.25) is 5.91 Å². The van der Waals surface area contributed by atoms with Crippen molar-refractivity contribution in [2.24, 2.45) is 11.8 Å². The number of nitrogens with one attached hydrogen (secondary N) is 1. The zero-order valence-corrected chi connectivity index (χ0v) is 15.8. The SMILES string of the molecule is CC(C)CN1CCCC[C@@H]1C(=O)NC[C@@H]1CCN(c2ccccc2)C1. The summed E-state index contributed by atoms with van der Waals surface area (Å²) >= 11 is 0. The number of likely N-dealkylation sites (tertiary alicyclic amines) is 1. The van der Waals surface area contributed by atoms with Crippen molar-refractivity contribution in [2.75, 3.05) is 37.6 Å². The molecule has 0 aliphatic carbocycles. The van der Waals surface area contributed by atoms with Crippen LogP contribution in [-0.4, -0.2) is 49.6 Å². The van der Waals surface area contributed by atoms with E-state index < -0.39 is 0 Å². The molecule has 3 rings (SSSR count). The Labute approximate surface area is 152 Å². The summed E-state index contributed by atoms with van der Waals surface area (Å²) in [6.07, 6.45) is 4.58. The van der Waals surface area contributed by atoms with Crippen molar-refractivity contribution in [1.29, 1.82) is 0 Å². The molecule has 25 heavy (non-hydrogen) atoms. The normalized spacial score (nSPS) is 24.7. The molecule has 4 nitrogen and oxygen atoms in total. The molecular formula is C21H33N3O. The highest BCUT2D eigenvalue weighted by molar-refractivity contribution is 5.81. The van der Waals surface area contributed by atoms with Gasteiger partial charge < -0.3 is 10.2 Å². The maximum Gasteiger partial charge on any atom is 0.237 e. The van der Waals surface area contributed by atoms with Gasteiger partial charge in [-0.2, -0.15) is 0 Å². The summed E-state index contributed by atoms with van der Waals surface area (Å²) in [6.45, 7) is 9.53. The summed E-state index contributed by atoms with van der Waals surface area (Å²) in [6, 6.07) is 10.7. The smallest absolute Gasteiger partial charge is 0.237 e. The molecule has 2 heterocycles. The highest BCUT2D eigenvalue weighted by Gasteiger charge is 2.30. The van der Waals surface area contributed by atoms with Gasteiger partial charge in [0, 0.05) is 31.9 Å². The van der Waals surface area contributed by atoms with Crippen molar-refractivity contribution in [3.63, 3.8) is 0 Å². The molecule has 0 spiro atoms. The van der Waals surface area contributed by atoms with Crippen LogP contribution < -0.4 is 10.2 Å². The molecule has 0 aromatic heterocycles. The Kier molecular flexibility index (Phi) is 6.35. The van der Waals surface area contributed by atoms with Gasteiger partial charge in [0.1, 0.15) is 0 Å². The number of para-hydroxylation sites is 1. The van der Waals surface area contributed by atoms with Crippen LogP contribution in [0.2, 0.25) is 0 Å². The van der Waals surface area contributed by atoms with Crippen LogP contribution in [0.25, 0.3) is 0 Å². The molecule has 0 radical (unpaired) electrons. The van der Waals surface area contributed by atoms with Crippen molar-refractivity contribution < 1.29 is 4.79 Å². The predicted molar refractivity (Wildman–Crippen MR) is 104 cm³/mol. The highest BCUT2D eigenvalue weighted by Crippen LogP contribution is 2.23. The van der Waals surface area contributed by atoms with E-state index in [0.717, 1.165) is 45.6 Å². The van der Waals surface area contributed by atoms with E-state index in [1.165, 1.54) is 18.5 Å². The lowest BCUT2D eigenvalue weighted by Crippen LogP contribution is -2.51. The van der Waals surface area contributed by atoms with Crippen LogP contribution in [0.3, 0.4) is 0 Å². The number of rotatable bonds is 6. The van der Waals surface area contributed by atoms with Crippen molar-refractivity contribution in [3.05, 3.63) is 30.3 Å². The molecule has 2 saturated heterocycles. The number of hydrogen-bond acceptors (Lipinski definition) is 3. The molecule has 0 bridgehead atoms. The maximum absolute atomic E-state index is 12.7. The number of piperidine rings is 1. The molecule has 1 N–H and O–H groups in total. The molecule has 0 saturated carbocycles. The van der Waals surface area contributed by atoms with Gasteiger partial charge in [0.15, 0.2) is 0 Å². The van der Waals surface area contributed by atoms with Gasteiger partial charge in [-0.15, -0.1) is 0 Å². The second-order valence-electron chi connectivity index (χ2n) is 8.08. The minimum atomic E-state index is 0.0859. The second kappa shape index (κ2) is 8.70. The van der Waals surface area contributed by atoms with Crippen molar-refractivity contribution in [2.45, 2.75) is 45.6 Å². The van der Waals surface area contributed by atoms with Gasteiger partial charge in [0.25, 0.3) is 0 Å². The first-order valence-electron chi connectivity index (χ1n) is 9.95. The van der Waals surface area contributed by atoms with E-state index >= 15 is 0 Å². The number of anilines is 1. The molecule has 1 aromatic carbocycles. The highest BCUT2D eigenvalue weighted by atomic mass is 16.2. The third-order valence-electron chi connectivity index (χ3n) is 5.49. The summed E-state index contributed by atoms with van der Waals surface area (Å²) in [5.74, 6) is 1.42. The van der Waals surface area contributed by atoms with Crippen molar-refractivity contribution in [3.8, 4) is 0 Å². The first-order chi connectivity index (χ1) is 12.1. The molecule has 138 valence electrons. The fraction of sp³-hybridized carbons (Fsp3) is 0.667. The average Bonchev–Trinajstić information content (AvgIpc) is 3.09. The van der Waals surface area contributed by atoms with Crippen molar-refractivity contribution >= 4 is 11.6 Å². The topological polar surface area (TPSA) is 35.6 Å². The number of amides is 1. The molecule has 2 fully saturated rings. The van der Waals surface area contributed by atoms with Crippen LogP contribution in [0.4, 0.5) is 5.69 Å². The zero-order valence-electron chi connectivity index (χ0n) is 15.8. The lowest BCUT2D eigenvalue weighted by Gasteiger charge is -2.35. The molecule has 4 heteroatoms. The van der Waals surface area contributed by atoms with E-state index in [1.807, 2.05) is 0 Å². The Bertz CT molecular complexity index is 545. The number of benzene rings is 1. The molecule has 2 aliphatic heterocycles. The van der Waals surface area contributed by atoms with Gasteiger partial charge in [-0.1, -0.05) is 38.5 Å². The Hall–Kier alpha value is -1.55. The van der Waals surface area contributed by atoms with E-state index in [0.29, 0.717) is 11.8 Å². The fourth-order valence-electron chi connectivity index (χ4n) is 4.21. The maximum atomic E-state index is 12.7. The van der Waals surface area contributed by atoms with Gasteiger partial charge in [-0.25, -0.2) is 0 Å². The lowest BCUT2D eigenvalue weighted by molar-refractivity contribution is -0.128. The third kappa shape index (κ3) is 4.97. The number of carbonyl (C=O) groups is 1. The monoisotopic (exact) mass is 343 g/mol. The van der Waals surface area contributed by atoms with Crippen LogP contribution in [0.5, 0.6) is 0 Å². The minimum Gasteiger partial charge on any atom is -0.371 e. The summed E-state index contributed by atoms with van der Waals surface area (Å²) in [7, 11) is 0.